The van der Waals surface area contributed by atoms with Crippen LogP contribution in [-0.2, 0) is 9.36 Å². The van der Waals surface area contributed by atoms with Crippen molar-refractivity contribution in [3.63, 3.8) is 0 Å². The van der Waals surface area contributed by atoms with Gasteiger partial charge in [-0.1, -0.05) is 26.7 Å². The number of carbonyl (C=O) groups excluding carboxylic acids is 1. The average Bonchev–Trinajstić information content (AvgIpc) is 1.96. The van der Waals surface area contributed by atoms with E-state index in [1.165, 1.54) is 0 Å². The van der Waals surface area contributed by atoms with E-state index in [1.54, 1.807) is 13.8 Å². The van der Waals surface area contributed by atoms with Gasteiger partial charge in [0.1, 0.15) is 5.66 Å². The maximum Gasteiger partial charge on any atom is 0.334 e. The highest BCUT2D eigenvalue weighted by Gasteiger charge is 2.35. The minimum absolute atomic E-state index is 0.417. The van der Waals surface area contributed by atoms with Crippen molar-refractivity contribution in [1.29, 1.82) is 0 Å². The molecule has 1 unspecified atom stereocenters. The molecule has 2 N–H and O–H groups in total. The van der Waals surface area contributed by atoms with Crippen LogP contribution >= 0.6 is 7.60 Å². The molecule has 0 amide bonds. The summed E-state index contributed by atoms with van der Waals surface area (Å²) in [6, 6.07) is 0. The topological polar surface area (TPSA) is 97.7 Å². The fourth-order valence-electron chi connectivity index (χ4n) is 1.34. The van der Waals surface area contributed by atoms with Crippen LogP contribution < -0.4 is 5.11 Å². The number of aliphatic carboxylic acids is 1. The number of carboxylic acid groups (broad SMARTS) is 1. The summed E-state index contributed by atoms with van der Waals surface area (Å²) in [6.07, 6.45) is 0.834. The number of rotatable bonds is 5. The first kappa shape index (κ1) is 12.6. The highest BCUT2D eigenvalue weighted by molar-refractivity contribution is 7.53. The lowest BCUT2D eigenvalue weighted by atomic mass is 9.99. The van der Waals surface area contributed by atoms with Crippen LogP contribution in [0, 0.1) is 5.92 Å². The third-order valence-corrected chi connectivity index (χ3v) is 3.46. The average molecular weight is 209 g/mol. The normalized spacial score (nSPS) is 14.5. The Morgan fingerprint density at radius 2 is 1.77 bits per heavy atom. The summed E-state index contributed by atoms with van der Waals surface area (Å²) in [5.74, 6) is -2.19. The van der Waals surface area contributed by atoms with Crippen LogP contribution in [-0.4, -0.2) is 21.4 Å². The molecule has 0 saturated heterocycles. The van der Waals surface area contributed by atoms with E-state index < -0.39 is 25.1 Å². The third kappa shape index (κ3) is 3.46. The molecule has 0 radical (unpaired) electrons. The van der Waals surface area contributed by atoms with Crippen molar-refractivity contribution in [3.05, 3.63) is 0 Å². The van der Waals surface area contributed by atoms with E-state index in [2.05, 4.69) is 0 Å². The van der Waals surface area contributed by atoms with Gasteiger partial charge in [-0.25, -0.2) is 0 Å². The molecule has 0 aromatic rings. The Hall–Kier alpha value is -0.380. The van der Waals surface area contributed by atoms with Crippen LogP contribution in [0.3, 0.4) is 0 Å². The summed E-state index contributed by atoms with van der Waals surface area (Å²) in [7, 11) is -4.58. The van der Waals surface area contributed by atoms with E-state index in [0.717, 1.165) is 0 Å². The molecule has 0 aliphatic rings. The molecular weight excluding hydrogens is 195 g/mol. The van der Waals surface area contributed by atoms with Gasteiger partial charge in [-0.05, 0) is 5.92 Å². The standard InChI is InChI=1S/C7H15O5P/c1-3-5(4-2)6(7(8)9)13(10,11)12/h5-6H,3-4H2,1-2H3,(H,8,9)(H2,10,11,12)/p-1. The van der Waals surface area contributed by atoms with Crippen molar-refractivity contribution >= 4 is 13.6 Å². The SMILES string of the molecule is CCC(CC)C(C(=O)[O-])P(=O)(O)O. The van der Waals surface area contributed by atoms with Crippen LogP contribution in [0.25, 0.3) is 0 Å². The van der Waals surface area contributed by atoms with Crippen molar-refractivity contribution < 1.29 is 24.3 Å². The molecule has 6 heteroatoms. The lowest BCUT2D eigenvalue weighted by molar-refractivity contribution is -0.306. The smallest absolute Gasteiger partial charge is 0.334 e. The van der Waals surface area contributed by atoms with Crippen LogP contribution in [0.2, 0.25) is 0 Å². The monoisotopic (exact) mass is 209 g/mol. The molecule has 5 nitrogen and oxygen atoms in total. The maximum absolute atomic E-state index is 10.8. The molecule has 78 valence electrons. The van der Waals surface area contributed by atoms with Gasteiger partial charge in [0.25, 0.3) is 0 Å². The number of hydrogen-bond donors (Lipinski definition) is 2. The lowest BCUT2D eigenvalue weighted by Crippen LogP contribution is -2.40. The van der Waals surface area contributed by atoms with E-state index in [1.807, 2.05) is 0 Å². The second-order valence-corrected chi connectivity index (χ2v) is 4.66. The predicted molar refractivity (Wildman–Crippen MR) is 44.9 cm³/mol. The van der Waals surface area contributed by atoms with Gasteiger partial charge in [0.05, 0.1) is 5.97 Å². The van der Waals surface area contributed by atoms with Gasteiger partial charge in [-0.15, -0.1) is 0 Å². The zero-order valence-corrected chi connectivity index (χ0v) is 8.53. The highest BCUT2D eigenvalue weighted by atomic mass is 31.2. The van der Waals surface area contributed by atoms with Crippen molar-refractivity contribution in [2.24, 2.45) is 5.92 Å². The summed E-state index contributed by atoms with van der Waals surface area (Å²) >= 11 is 0. The van der Waals surface area contributed by atoms with Gasteiger partial charge in [-0.3, -0.25) is 4.57 Å². The Kier molecular flexibility index (Phi) is 4.61. The summed E-state index contributed by atoms with van der Waals surface area (Å²) in [4.78, 5) is 28.0. The van der Waals surface area contributed by atoms with Gasteiger partial charge < -0.3 is 19.7 Å². The molecule has 0 rings (SSSR count). The maximum atomic E-state index is 10.8. The summed E-state index contributed by atoms with van der Waals surface area (Å²) in [6.45, 7) is 3.39. The quantitative estimate of drug-likeness (QED) is 0.607. The molecule has 0 aromatic heterocycles. The highest BCUT2D eigenvalue weighted by Crippen LogP contribution is 2.46. The molecule has 0 heterocycles. The minimum Gasteiger partial charge on any atom is -0.549 e. The summed E-state index contributed by atoms with van der Waals surface area (Å²) < 4.78 is 10.8. The van der Waals surface area contributed by atoms with Crippen molar-refractivity contribution in [2.75, 3.05) is 0 Å². The first-order valence-electron chi connectivity index (χ1n) is 4.10. The Balaban J connectivity index is 4.80. The second kappa shape index (κ2) is 4.74. The third-order valence-electron chi connectivity index (χ3n) is 2.10. The molecule has 0 fully saturated rings. The number of carboxylic acids is 1. The molecule has 0 aliphatic carbocycles. The summed E-state index contributed by atoms with van der Waals surface area (Å²) in [5.41, 5.74) is -1.66. The number of hydrogen-bond acceptors (Lipinski definition) is 3. The Morgan fingerprint density at radius 3 is 1.85 bits per heavy atom. The van der Waals surface area contributed by atoms with E-state index in [0.29, 0.717) is 12.8 Å². The minimum atomic E-state index is -4.58. The molecule has 0 spiro atoms. The van der Waals surface area contributed by atoms with E-state index >= 15 is 0 Å². The van der Waals surface area contributed by atoms with Gasteiger partial charge in [0, 0.05) is 0 Å². The molecule has 0 aromatic carbocycles. The first-order chi connectivity index (χ1) is 5.84. The Bertz CT molecular complexity index is 217. The van der Waals surface area contributed by atoms with Crippen LogP contribution in [0.4, 0.5) is 0 Å². The first-order valence-corrected chi connectivity index (χ1v) is 5.78. The van der Waals surface area contributed by atoms with Gasteiger partial charge in [0.15, 0.2) is 0 Å². The summed E-state index contributed by atoms with van der Waals surface area (Å²) in [5, 5.41) is 10.5. The molecule has 0 bridgehead atoms. The van der Waals surface area contributed by atoms with Crippen LogP contribution in [0.1, 0.15) is 26.7 Å². The van der Waals surface area contributed by atoms with Crippen molar-refractivity contribution in [3.8, 4) is 0 Å². The van der Waals surface area contributed by atoms with Gasteiger partial charge in [-0.2, -0.15) is 0 Å². The molecule has 0 saturated carbocycles. The zero-order chi connectivity index (χ0) is 10.6. The van der Waals surface area contributed by atoms with Gasteiger partial charge in [0.2, 0.25) is 0 Å². The van der Waals surface area contributed by atoms with E-state index in [4.69, 9.17) is 9.79 Å². The van der Waals surface area contributed by atoms with E-state index in [9.17, 15) is 14.5 Å². The lowest BCUT2D eigenvalue weighted by Gasteiger charge is -2.26. The fourth-order valence-corrected chi connectivity index (χ4v) is 2.59. The van der Waals surface area contributed by atoms with Crippen molar-refractivity contribution in [1.82, 2.24) is 0 Å². The molecular formula is C7H14O5P-. The Morgan fingerprint density at radius 1 is 1.38 bits per heavy atom. The van der Waals surface area contributed by atoms with Crippen molar-refractivity contribution in [2.45, 2.75) is 32.3 Å². The zero-order valence-electron chi connectivity index (χ0n) is 7.64. The van der Waals surface area contributed by atoms with Gasteiger partial charge >= 0.3 is 7.60 Å². The van der Waals surface area contributed by atoms with Crippen LogP contribution in [0.5, 0.6) is 0 Å². The van der Waals surface area contributed by atoms with E-state index in [-0.39, 0.29) is 0 Å². The molecule has 1 atom stereocenters. The van der Waals surface area contributed by atoms with Crippen LogP contribution in [0.15, 0.2) is 0 Å². The molecule has 0 aliphatic heterocycles. The largest absolute Gasteiger partial charge is 0.549 e. The predicted octanol–water partition coefficient (Wildman–Crippen LogP) is -0.281. The fraction of sp³-hybridized carbons (Fsp3) is 0.857. The number of carbonyl (C=O) groups is 1. The molecule has 13 heavy (non-hydrogen) atoms. The Labute approximate surface area is 76.9 Å². The second-order valence-electron chi connectivity index (χ2n) is 2.93.